The van der Waals surface area contributed by atoms with E-state index in [1.165, 1.54) is 6.07 Å². The van der Waals surface area contributed by atoms with E-state index in [4.69, 9.17) is 9.84 Å². The number of hydrogen-bond donors (Lipinski definition) is 2. The fraction of sp³-hybridized carbons (Fsp3) is 0.176. The second-order valence-electron chi connectivity index (χ2n) is 5.48. The van der Waals surface area contributed by atoms with E-state index < -0.39 is 35.3 Å². The molecule has 2 unspecified atom stereocenters. The number of rotatable bonds is 5. The van der Waals surface area contributed by atoms with E-state index in [0.29, 0.717) is 12.1 Å². The predicted molar refractivity (Wildman–Crippen MR) is 80.7 cm³/mol. The summed E-state index contributed by atoms with van der Waals surface area (Å²) in [6.45, 7) is 0. The Hall–Kier alpha value is -2.96. The van der Waals surface area contributed by atoms with Gasteiger partial charge in [-0.2, -0.15) is 0 Å². The Bertz CT molecular complexity index is 789. The van der Waals surface area contributed by atoms with Gasteiger partial charge in [0.1, 0.15) is 17.4 Å². The van der Waals surface area contributed by atoms with Crippen LogP contribution in [0.15, 0.2) is 42.5 Å². The minimum Gasteiger partial charge on any atom is -0.481 e. The third kappa shape index (κ3) is 3.51. The molecule has 2 N–H and O–H groups in total. The zero-order valence-corrected chi connectivity index (χ0v) is 12.3. The molecule has 1 amide bonds. The van der Waals surface area contributed by atoms with Crippen LogP contribution in [0.2, 0.25) is 0 Å². The van der Waals surface area contributed by atoms with Crippen LogP contribution in [0.4, 0.5) is 14.5 Å². The predicted octanol–water partition coefficient (Wildman–Crippen LogP) is 3.42. The number of para-hydroxylation sites is 2. The number of anilines is 1. The molecule has 1 saturated carbocycles. The Labute approximate surface area is 135 Å². The average Bonchev–Trinajstić information content (AvgIpc) is 3.29. The summed E-state index contributed by atoms with van der Waals surface area (Å²) in [4.78, 5) is 22.9. The topological polar surface area (TPSA) is 75.6 Å². The van der Waals surface area contributed by atoms with Crippen LogP contribution in [-0.2, 0) is 9.59 Å². The molecule has 0 radical (unpaired) electrons. The first kappa shape index (κ1) is 15.9. The van der Waals surface area contributed by atoms with Gasteiger partial charge in [-0.25, -0.2) is 8.78 Å². The van der Waals surface area contributed by atoms with E-state index in [1.807, 2.05) is 0 Å². The monoisotopic (exact) mass is 333 g/mol. The zero-order valence-electron chi connectivity index (χ0n) is 12.3. The quantitative estimate of drug-likeness (QED) is 0.879. The molecule has 24 heavy (non-hydrogen) atoms. The summed E-state index contributed by atoms with van der Waals surface area (Å²) >= 11 is 0. The highest BCUT2D eigenvalue weighted by atomic mass is 19.1. The molecule has 2 aromatic carbocycles. The van der Waals surface area contributed by atoms with E-state index >= 15 is 0 Å². The van der Waals surface area contributed by atoms with Gasteiger partial charge >= 0.3 is 5.97 Å². The van der Waals surface area contributed by atoms with Crippen molar-refractivity contribution in [2.45, 2.75) is 6.42 Å². The molecule has 7 heteroatoms. The van der Waals surface area contributed by atoms with Crippen molar-refractivity contribution >= 4 is 17.6 Å². The average molecular weight is 333 g/mol. The molecule has 0 spiro atoms. The molecule has 0 heterocycles. The number of aliphatic carboxylic acids is 1. The first-order valence-electron chi connectivity index (χ1n) is 7.20. The highest BCUT2D eigenvalue weighted by molar-refractivity contribution is 5.99. The third-order valence-corrected chi connectivity index (χ3v) is 3.65. The number of halogens is 2. The molecular weight excluding hydrogens is 320 g/mol. The first-order valence-corrected chi connectivity index (χ1v) is 7.20. The molecule has 2 aromatic rings. The number of ether oxygens (including phenoxy) is 1. The molecule has 0 aliphatic heterocycles. The van der Waals surface area contributed by atoms with Gasteiger partial charge in [-0.3, -0.25) is 9.59 Å². The lowest BCUT2D eigenvalue weighted by Crippen LogP contribution is -2.17. The maximum atomic E-state index is 13.2. The lowest BCUT2D eigenvalue weighted by atomic mass is 10.2. The smallest absolute Gasteiger partial charge is 0.307 e. The molecule has 2 atom stereocenters. The van der Waals surface area contributed by atoms with Gasteiger partial charge in [0.25, 0.3) is 0 Å². The van der Waals surface area contributed by atoms with Gasteiger partial charge in [0, 0.05) is 18.2 Å². The third-order valence-electron chi connectivity index (χ3n) is 3.65. The molecule has 5 nitrogen and oxygen atoms in total. The van der Waals surface area contributed by atoms with Gasteiger partial charge in [-0.1, -0.05) is 12.1 Å². The van der Waals surface area contributed by atoms with Crippen LogP contribution in [-0.4, -0.2) is 17.0 Å². The zero-order chi connectivity index (χ0) is 17.3. The second-order valence-corrected chi connectivity index (χ2v) is 5.48. The van der Waals surface area contributed by atoms with E-state index in [1.54, 1.807) is 18.2 Å². The molecule has 3 rings (SSSR count). The molecule has 0 aromatic heterocycles. The minimum absolute atomic E-state index is 0.0518. The van der Waals surface area contributed by atoms with Gasteiger partial charge in [0.05, 0.1) is 17.5 Å². The summed E-state index contributed by atoms with van der Waals surface area (Å²) in [6, 6.07) is 9.13. The fourth-order valence-electron chi connectivity index (χ4n) is 2.36. The highest BCUT2D eigenvalue weighted by Crippen LogP contribution is 2.40. The maximum Gasteiger partial charge on any atom is 0.307 e. The van der Waals surface area contributed by atoms with Gasteiger partial charge in [-0.15, -0.1) is 0 Å². The summed E-state index contributed by atoms with van der Waals surface area (Å²) < 4.78 is 31.9. The number of carbonyl (C=O) groups is 2. The summed E-state index contributed by atoms with van der Waals surface area (Å²) in [6.07, 6.45) is 0.291. The van der Waals surface area contributed by atoms with Gasteiger partial charge < -0.3 is 15.2 Å². The van der Waals surface area contributed by atoms with Crippen LogP contribution in [0.5, 0.6) is 11.5 Å². The van der Waals surface area contributed by atoms with E-state index in [2.05, 4.69) is 5.32 Å². The first-order chi connectivity index (χ1) is 11.4. The second kappa shape index (κ2) is 6.27. The Kier molecular flexibility index (Phi) is 4.16. The van der Waals surface area contributed by atoms with Crippen molar-refractivity contribution in [1.29, 1.82) is 0 Å². The molecule has 1 fully saturated rings. The Morgan fingerprint density at radius 1 is 1.08 bits per heavy atom. The van der Waals surface area contributed by atoms with Crippen molar-refractivity contribution in [2.24, 2.45) is 11.8 Å². The maximum absolute atomic E-state index is 13.2. The van der Waals surface area contributed by atoms with E-state index in [9.17, 15) is 18.4 Å². The standard InChI is InChI=1S/C17H13F2NO4/c18-9-5-10(19)7-11(6-9)24-15-4-2-1-3-14(15)20-16(21)12-8-13(12)17(22)23/h1-7,12-13H,8H2,(H,20,21)(H,22,23). The molecule has 1 aliphatic carbocycles. The number of amides is 1. The minimum atomic E-state index is -1.00. The number of benzene rings is 2. The summed E-state index contributed by atoms with van der Waals surface area (Å²) in [5, 5.41) is 11.5. The number of carboxylic acid groups (broad SMARTS) is 1. The number of carboxylic acids is 1. The lowest BCUT2D eigenvalue weighted by molar-refractivity contribution is -0.139. The normalized spacial score (nSPS) is 18.8. The van der Waals surface area contributed by atoms with E-state index in [-0.39, 0.29) is 11.5 Å². The van der Waals surface area contributed by atoms with Crippen molar-refractivity contribution in [3.05, 3.63) is 54.1 Å². The summed E-state index contributed by atoms with van der Waals surface area (Å²) in [5.74, 6) is -4.11. The van der Waals surface area contributed by atoms with Crippen molar-refractivity contribution < 1.29 is 28.2 Å². The largest absolute Gasteiger partial charge is 0.481 e. The Balaban J connectivity index is 1.76. The summed E-state index contributed by atoms with van der Waals surface area (Å²) in [5.41, 5.74) is 0.295. The van der Waals surface area contributed by atoms with Crippen molar-refractivity contribution in [1.82, 2.24) is 0 Å². The SMILES string of the molecule is O=C(O)C1CC1C(=O)Nc1ccccc1Oc1cc(F)cc(F)c1. The summed E-state index contributed by atoms with van der Waals surface area (Å²) in [7, 11) is 0. The van der Waals surface area contributed by atoms with Crippen LogP contribution in [0.25, 0.3) is 0 Å². The Morgan fingerprint density at radius 2 is 1.75 bits per heavy atom. The van der Waals surface area contributed by atoms with Gasteiger partial charge in [-0.05, 0) is 18.6 Å². The van der Waals surface area contributed by atoms with Crippen LogP contribution in [0.3, 0.4) is 0 Å². The van der Waals surface area contributed by atoms with Crippen molar-refractivity contribution in [3.8, 4) is 11.5 Å². The van der Waals surface area contributed by atoms with Gasteiger partial charge in [0.15, 0.2) is 5.75 Å². The van der Waals surface area contributed by atoms with Crippen molar-refractivity contribution in [2.75, 3.05) is 5.32 Å². The molecule has 0 bridgehead atoms. The highest BCUT2D eigenvalue weighted by Gasteiger charge is 2.48. The molecule has 0 saturated heterocycles. The van der Waals surface area contributed by atoms with Crippen LogP contribution in [0.1, 0.15) is 6.42 Å². The van der Waals surface area contributed by atoms with Crippen LogP contribution < -0.4 is 10.1 Å². The Morgan fingerprint density at radius 3 is 2.38 bits per heavy atom. The molecular formula is C17H13F2NO4. The van der Waals surface area contributed by atoms with Gasteiger partial charge in [0.2, 0.25) is 5.91 Å². The fourth-order valence-corrected chi connectivity index (χ4v) is 2.36. The molecule has 124 valence electrons. The van der Waals surface area contributed by atoms with Crippen LogP contribution >= 0.6 is 0 Å². The number of nitrogens with one attached hydrogen (secondary N) is 1. The van der Waals surface area contributed by atoms with Crippen LogP contribution in [0, 0.1) is 23.5 Å². The van der Waals surface area contributed by atoms with Crippen molar-refractivity contribution in [3.63, 3.8) is 0 Å². The lowest BCUT2D eigenvalue weighted by Gasteiger charge is -2.12. The molecule has 1 aliphatic rings. The number of carbonyl (C=O) groups excluding carboxylic acids is 1. The van der Waals surface area contributed by atoms with E-state index in [0.717, 1.165) is 18.2 Å². The number of hydrogen-bond acceptors (Lipinski definition) is 3.